The van der Waals surface area contributed by atoms with Gasteiger partial charge in [0.1, 0.15) is 0 Å². The minimum absolute atomic E-state index is 0.0557. The molecular weight excluding hydrogens is 198 g/mol. The number of rotatable bonds is 5. The Kier molecular flexibility index (Phi) is 4.69. The molecule has 0 amide bonds. The van der Waals surface area contributed by atoms with Crippen molar-refractivity contribution in [1.82, 2.24) is 5.32 Å². The Bertz CT molecular complexity index is 356. The second kappa shape index (κ2) is 5.80. The van der Waals surface area contributed by atoms with Gasteiger partial charge in [-0.1, -0.05) is 52.0 Å². The van der Waals surface area contributed by atoms with Gasteiger partial charge in [0.25, 0.3) is 0 Å². The van der Waals surface area contributed by atoms with Gasteiger partial charge in [0.15, 0.2) is 5.78 Å². The summed E-state index contributed by atoms with van der Waals surface area (Å²) in [6, 6.07) is 8.27. The van der Waals surface area contributed by atoms with Gasteiger partial charge in [0.2, 0.25) is 0 Å². The van der Waals surface area contributed by atoms with Crippen molar-refractivity contribution in [3.63, 3.8) is 0 Å². The van der Waals surface area contributed by atoms with E-state index in [4.69, 9.17) is 0 Å². The summed E-state index contributed by atoms with van der Waals surface area (Å²) in [4.78, 5) is 12.0. The number of hydrogen-bond acceptors (Lipinski definition) is 2. The molecule has 0 heterocycles. The Morgan fingerprint density at radius 2 is 1.81 bits per heavy atom. The number of benzene rings is 1. The standard InChI is InChI=1S/C14H21NO/c1-10(2)14(16)13-8-6-5-7-12(13)9-15-11(3)4/h5-8,10-11,15H,9H2,1-4H3. The molecule has 0 aliphatic heterocycles. The van der Waals surface area contributed by atoms with Gasteiger partial charge in [0.05, 0.1) is 0 Å². The average Bonchev–Trinajstić information content (AvgIpc) is 2.25. The minimum Gasteiger partial charge on any atom is -0.310 e. The molecule has 0 spiro atoms. The van der Waals surface area contributed by atoms with E-state index >= 15 is 0 Å². The summed E-state index contributed by atoms with van der Waals surface area (Å²) >= 11 is 0. The summed E-state index contributed by atoms with van der Waals surface area (Å²) in [5.41, 5.74) is 1.94. The van der Waals surface area contributed by atoms with Crippen LogP contribution in [0.5, 0.6) is 0 Å². The second-order valence-electron chi connectivity index (χ2n) is 4.71. The molecule has 0 aliphatic rings. The monoisotopic (exact) mass is 219 g/mol. The number of carbonyl (C=O) groups is 1. The van der Waals surface area contributed by atoms with E-state index in [1.165, 1.54) is 0 Å². The smallest absolute Gasteiger partial charge is 0.165 e. The van der Waals surface area contributed by atoms with E-state index in [1.54, 1.807) is 0 Å². The Morgan fingerprint density at radius 3 is 2.38 bits per heavy atom. The van der Waals surface area contributed by atoms with Crippen LogP contribution in [-0.2, 0) is 6.54 Å². The zero-order valence-electron chi connectivity index (χ0n) is 10.6. The van der Waals surface area contributed by atoms with Crippen LogP contribution in [0, 0.1) is 5.92 Å². The molecule has 0 bridgehead atoms. The normalized spacial score (nSPS) is 11.1. The van der Waals surface area contributed by atoms with E-state index < -0.39 is 0 Å². The zero-order chi connectivity index (χ0) is 12.1. The highest BCUT2D eigenvalue weighted by molar-refractivity contribution is 5.98. The average molecular weight is 219 g/mol. The Morgan fingerprint density at radius 1 is 1.19 bits per heavy atom. The fraction of sp³-hybridized carbons (Fsp3) is 0.500. The van der Waals surface area contributed by atoms with Crippen LogP contribution >= 0.6 is 0 Å². The quantitative estimate of drug-likeness (QED) is 0.771. The lowest BCUT2D eigenvalue weighted by Gasteiger charge is -2.13. The maximum Gasteiger partial charge on any atom is 0.165 e. The summed E-state index contributed by atoms with van der Waals surface area (Å²) in [6.07, 6.45) is 0. The van der Waals surface area contributed by atoms with Crippen LogP contribution < -0.4 is 5.32 Å². The molecule has 0 atom stereocenters. The van der Waals surface area contributed by atoms with Crippen molar-refractivity contribution in [2.45, 2.75) is 40.3 Å². The maximum atomic E-state index is 12.0. The third kappa shape index (κ3) is 3.46. The number of nitrogens with one attached hydrogen (secondary N) is 1. The molecular formula is C14H21NO. The van der Waals surface area contributed by atoms with Crippen LogP contribution in [0.1, 0.15) is 43.6 Å². The SMILES string of the molecule is CC(C)NCc1ccccc1C(=O)C(C)C. The molecule has 0 unspecified atom stereocenters. The van der Waals surface area contributed by atoms with Gasteiger partial charge in [-0.15, -0.1) is 0 Å². The molecule has 1 N–H and O–H groups in total. The Labute approximate surface area is 98.1 Å². The molecule has 2 heteroatoms. The second-order valence-corrected chi connectivity index (χ2v) is 4.71. The lowest BCUT2D eigenvalue weighted by atomic mass is 9.96. The van der Waals surface area contributed by atoms with E-state index in [0.29, 0.717) is 6.04 Å². The topological polar surface area (TPSA) is 29.1 Å². The van der Waals surface area contributed by atoms with Crippen LogP contribution in [0.25, 0.3) is 0 Å². The minimum atomic E-state index is 0.0557. The van der Waals surface area contributed by atoms with Crippen LogP contribution in [0.2, 0.25) is 0 Å². The van der Waals surface area contributed by atoms with Crippen LogP contribution in [0.3, 0.4) is 0 Å². The number of ketones is 1. The van der Waals surface area contributed by atoms with Crippen molar-refractivity contribution in [3.8, 4) is 0 Å². The number of hydrogen-bond donors (Lipinski definition) is 1. The molecule has 0 radical (unpaired) electrons. The van der Waals surface area contributed by atoms with Crippen LogP contribution in [-0.4, -0.2) is 11.8 Å². The third-order valence-electron chi connectivity index (χ3n) is 2.51. The molecule has 0 aliphatic carbocycles. The van der Waals surface area contributed by atoms with Gasteiger partial charge in [-0.05, 0) is 5.56 Å². The maximum absolute atomic E-state index is 12.0. The molecule has 0 saturated carbocycles. The summed E-state index contributed by atoms with van der Waals surface area (Å²) in [5, 5.41) is 3.34. The number of carbonyl (C=O) groups excluding carboxylic acids is 1. The predicted molar refractivity (Wildman–Crippen MR) is 67.6 cm³/mol. The highest BCUT2D eigenvalue weighted by atomic mass is 16.1. The molecule has 2 nitrogen and oxygen atoms in total. The van der Waals surface area contributed by atoms with Gasteiger partial charge in [-0.2, -0.15) is 0 Å². The molecule has 16 heavy (non-hydrogen) atoms. The summed E-state index contributed by atoms with van der Waals surface area (Å²) < 4.78 is 0. The van der Waals surface area contributed by atoms with Crippen molar-refractivity contribution < 1.29 is 4.79 Å². The van der Waals surface area contributed by atoms with E-state index in [2.05, 4.69) is 19.2 Å². The first-order valence-corrected chi connectivity index (χ1v) is 5.88. The lowest BCUT2D eigenvalue weighted by Crippen LogP contribution is -2.23. The lowest BCUT2D eigenvalue weighted by molar-refractivity contribution is 0.0938. The summed E-state index contributed by atoms with van der Waals surface area (Å²) in [6.45, 7) is 8.84. The molecule has 0 saturated heterocycles. The highest BCUT2D eigenvalue weighted by Crippen LogP contribution is 2.14. The molecule has 0 fully saturated rings. The summed E-state index contributed by atoms with van der Waals surface area (Å²) in [7, 11) is 0. The van der Waals surface area contributed by atoms with Crippen molar-refractivity contribution in [2.24, 2.45) is 5.92 Å². The van der Waals surface area contributed by atoms with E-state index in [-0.39, 0.29) is 11.7 Å². The van der Waals surface area contributed by atoms with E-state index in [0.717, 1.165) is 17.7 Å². The molecule has 1 rings (SSSR count). The first kappa shape index (κ1) is 12.9. The van der Waals surface area contributed by atoms with Gasteiger partial charge < -0.3 is 5.32 Å². The van der Waals surface area contributed by atoms with Crippen molar-refractivity contribution in [2.75, 3.05) is 0 Å². The highest BCUT2D eigenvalue weighted by Gasteiger charge is 2.13. The van der Waals surface area contributed by atoms with Crippen molar-refractivity contribution in [1.29, 1.82) is 0 Å². The van der Waals surface area contributed by atoms with Crippen molar-refractivity contribution >= 4 is 5.78 Å². The fourth-order valence-corrected chi connectivity index (χ4v) is 1.54. The molecule has 1 aromatic rings. The van der Waals surface area contributed by atoms with Gasteiger partial charge in [0, 0.05) is 24.1 Å². The molecule has 1 aromatic carbocycles. The van der Waals surface area contributed by atoms with Gasteiger partial charge in [-0.25, -0.2) is 0 Å². The summed E-state index contributed by atoms with van der Waals surface area (Å²) in [5.74, 6) is 0.279. The first-order valence-electron chi connectivity index (χ1n) is 5.88. The zero-order valence-corrected chi connectivity index (χ0v) is 10.6. The third-order valence-corrected chi connectivity index (χ3v) is 2.51. The molecule has 0 aromatic heterocycles. The van der Waals surface area contributed by atoms with E-state index in [9.17, 15) is 4.79 Å². The number of Topliss-reactive ketones (excluding diaryl/α,β-unsaturated/α-hetero) is 1. The first-order chi connectivity index (χ1) is 7.52. The Balaban J connectivity index is 2.87. The molecule has 88 valence electrons. The fourth-order valence-electron chi connectivity index (χ4n) is 1.54. The van der Waals surface area contributed by atoms with E-state index in [1.807, 2.05) is 38.1 Å². The predicted octanol–water partition coefficient (Wildman–Crippen LogP) is 3.02. The largest absolute Gasteiger partial charge is 0.310 e. The van der Waals surface area contributed by atoms with Gasteiger partial charge >= 0.3 is 0 Å². The Hall–Kier alpha value is -1.15. The van der Waals surface area contributed by atoms with Gasteiger partial charge in [-0.3, -0.25) is 4.79 Å². The van der Waals surface area contributed by atoms with Crippen LogP contribution in [0.4, 0.5) is 0 Å². The van der Waals surface area contributed by atoms with Crippen molar-refractivity contribution in [3.05, 3.63) is 35.4 Å². The van der Waals surface area contributed by atoms with Crippen LogP contribution in [0.15, 0.2) is 24.3 Å².